The molecule has 2 N–H and O–H groups in total. The van der Waals surface area contributed by atoms with Gasteiger partial charge in [0.05, 0.1) is 6.10 Å². The quantitative estimate of drug-likeness (QED) is 0.882. The molecule has 2 aliphatic carbocycles. The van der Waals surface area contributed by atoms with Crippen LogP contribution in [0.2, 0.25) is 0 Å². The van der Waals surface area contributed by atoms with Crippen LogP contribution in [0.5, 0.6) is 0 Å². The van der Waals surface area contributed by atoms with Crippen LogP contribution >= 0.6 is 0 Å². The van der Waals surface area contributed by atoms with Crippen LogP contribution in [0.15, 0.2) is 42.5 Å². The standard InChI is InChI=1S/C21H23NO/c23-20-12-21(9-10-22-13-21)19-8-7-15(11-18(19)20)17-4-2-1-3-16(17)14-5-6-14/h1-4,7-8,11,14,20,22-23H,5-6,9-10,12-13H2/t20-,21?/m0/s1. The maximum absolute atomic E-state index is 10.6. The third-order valence-electron chi connectivity index (χ3n) is 6.10. The van der Waals surface area contributed by atoms with Crippen molar-refractivity contribution in [3.63, 3.8) is 0 Å². The van der Waals surface area contributed by atoms with Gasteiger partial charge >= 0.3 is 0 Å². The van der Waals surface area contributed by atoms with E-state index in [9.17, 15) is 5.11 Å². The summed E-state index contributed by atoms with van der Waals surface area (Å²) in [7, 11) is 0. The molecule has 2 nitrogen and oxygen atoms in total. The largest absolute Gasteiger partial charge is 0.388 e. The van der Waals surface area contributed by atoms with Crippen molar-refractivity contribution in [2.45, 2.75) is 43.1 Å². The van der Waals surface area contributed by atoms with E-state index in [4.69, 9.17) is 0 Å². The third-order valence-corrected chi connectivity index (χ3v) is 6.10. The number of aliphatic hydroxyl groups is 1. The highest BCUT2D eigenvalue weighted by molar-refractivity contribution is 5.70. The van der Waals surface area contributed by atoms with Crippen molar-refractivity contribution < 1.29 is 5.11 Å². The molecule has 2 aromatic rings. The van der Waals surface area contributed by atoms with Gasteiger partial charge in [0.15, 0.2) is 0 Å². The van der Waals surface area contributed by atoms with E-state index >= 15 is 0 Å². The minimum absolute atomic E-state index is 0.170. The molecule has 2 fully saturated rings. The van der Waals surface area contributed by atoms with E-state index in [1.165, 1.54) is 35.1 Å². The average molecular weight is 305 g/mol. The Labute approximate surface area is 137 Å². The lowest BCUT2D eigenvalue weighted by Crippen LogP contribution is -2.26. The van der Waals surface area contributed by atoms with Crippen LogP contribution in [0.1, 0.15) is 54.4 Å². The Bertz CT molecular complexity index is 756. The predicted molar refractivity (Wildman–Crippen MR) is 92.6 cm³/mol. The van der Waals surface area contributed by atoms with Crippen LogP contribution < -0.4 is 5.32 Å². The second kappa shape index (κ2) is 4.93. The topological polar surface area (TPSA) is 32.3 Å². The van der Waals surface area contributed by atoms with Crippen molar-refractivity contribution in [1.29, 1.82) is 0 Å². The summed E-state index contributed by atoms with van der Waals surface area (Å²) in [6.45, 7) is 2.08. The number of fused-ring (bicyclic) bond motifs is 2. The molecular formula is C21H23NO. The molecule has 0 amide bonds. The van der Waals surface area contributed by atoms with Gasteiger partial charge in [0.2, 0.25) is 0 Å². The van der Waals surface area contributed by atoms with Gasteiger partial charge in [0.25, 0.3) is 0 Å². The molecule has 2 atom stereocenters. The fourth-order valence-electron chi connectivity index (χ4n) is 4.74. The molecule has 1 aliphatic heterocycles. The van der Waals surface area contributed by atoms with Crippen LogP contribution in [-0.4, -0.2) is 18.2 Å². The second-order valence-corrected chi connectivity index (χ2v) is 7.59. The number of nitrogens with one attached hydrogen (secondary N) is 1. The van der Waals surface area contributed by atoms with Gasteiger partial charge in [-0.25, -0.2) is 0 Å². The van der Waals surface area contributed by atoms with E-state index in [-0.39, 0.29) is 11.5 Å². The molecule has 1 heterocycles. The summed E-state index contributed by atoms with van der Waals surface area (Å²) in [6.07, 6.45) is 4.36. The summed E-state index contributed by atoms with van der Waals surface area (Å²) < 4.78 is 0. The van der Waals surface area contributed by atoms with Gasteiger partial charge in [-0.3, -0.25) is 0 Å². The molecule has 1 spiro atoms. The molecule has 2 aromatic carbocycles. The van der Waals surface area contributed by atoms with E-state index in [0.717, 1.165) is 37.4 Å². The summed E-state index contributed by atoms with van der Waals surface area (Å²) in [4.78, 5) is 0. The van der Waals surface area contributed by atoms with Crippen molar-refractivity contribution >= 4 is 0 Å². The highest BCUT2D eigenvalue weighted by Gasteiger charge is 2.45. The lowest BCUT2D eigenvalue weighted by atomic mass is 9.80. The monoisotopic (exact) mass is 305 g/mol. The molecule has 1 unspecified atom stereocenters. The maximum Gasteiger partial charge on any atom is 0.0802 e. The predicted octanol–water partition coefficient (Wildman–Crippen LogP) is 3.90. The first-order valence-corrected chi connectivity index (χ1v) is 8.89. The molecule has 118 valence electrons. The number of aliphatic hydroxyl groups excluding tert-OH is 1. The second-order valence-electron chi connectivity index (χ2n) is 7.59. The molecule has 0 bridgehead atoms. The first-order chi connectivity index (χ1) is 11.3. The first-order valence-electron chi connectivity index (χ1n) is 8.89. The Morgan fingerprint density at radius 2 is 1.91 bits per heavy atom. The lowest BCUT2D eigenvalue weighted by molar-refractivity contribution is 0.158. The van der Waals surface area contributed by atoms with Crippen molar-refractivity contribution in [1.82, 2.24) is 5.32 Å². The average Bonchev–Trinajstić information content (AvgIpc) is 3.27. The Morgan fingerprint density at radius 3 is 2.70 bits per heavy atom. The molecular weight excluding hydrogens is 282 g/mol. The van der Waals surface area contributed by atoms with Gasteiger partial charge in [0, 0.05) is 12.0 Å². The Kier molecular flexibility index (Phi) is 2.95. The highest BCUT2D eigenvalue weighted by atomic mass is 16.3. The summed E-state index contributed by atoms with van der Waals surface area (Å²) in [6, 6.07) is 15.6. The van der Waals surface area contributed by atoms with Crippen molar-refractivity contribution in [2.24, 2.45) is 0 Å². The van der Waals surface area contributed by atoms with E-state index in [1.54, 1.807) is 0 Å². The Balaban J connectivity index is 1.61. The van der Waals surface area contributed by atoms with Crippen LogP contribution in [-0.2, 0) is 5.41 Å². The molecule has 0 radical (unpaired) electrons. The lowest BCUT2D eigenvalue weighted by Gasteiger charge is -2.23. The normalized spacial score (nSPS) is 29.2. The molecule has 1 saturated carbocycles. The van der Waals surface area contributed by atoms with Gasteiger partial charge in [0.1, 0.15) is 0 Å². The summed E-state index contributed by atoms with van der Waals surface area (Å²) in [5.41, 5.74) is 6.82. The SMILES string of the molecule is O[C@H]1CC2(CCNC2)c2ccc(-c3ccccc3C3CC3)cc21. The minimum Gasteiger partial charge on any atom is -0.388 e. The molecule has 3 aliphatic rings. The van der Waals surface area contributed by atoms with Crippen LogP contribution in [0.25, 0.3) is 11.1 Å². The fraction of sp³-hybridized carbons (Fsp3) is 0.429. The molecule has 23 heavy (non-hydrogen) atoms. The minimum atomic E-state index is -0.307. The van der Waals surface area contributed by atoms with Crippen LogP contribution in [0.3, 0.4) is 0 Å². The van der Waals surface area contributed by atoms with Gasteiger partial charge in [-0.15, -0.1) is 0 Å². The van der Waals surface area contributed by atoms with Gasteiger partial charge in [-0.2, -0.15) is 0 Å². The number of rotatable bonds is 2. The zero-order valence-electron chi connectivity index (χ0n) is 13.4. The summed E-state index contributed by atoms with van der Waals surface area (Å²) >= 11 is 0. The maximum atomic E-state index is 10.6. The molecule has 5 rings (SSSR count). The molecule has 2 heteroatoms. The third kappa shape index (κ3) is 2.09. The zero-order valence-corrected chi connectivity index (χ0v) is 13.4. The number of hydrogen-bond donors (Lipinski definition) is 2. The first kappa shape index (κ1) is 13.8. The van der Waals surface area contributed by atoms with Gasteiger partial charge < -0.3 is 10.4 Å². The number of hydrogen-bond acceptors (Lipinski definition) is 2. The van der Waals surface area contributed by atoms with Crippen LogP contribution in [0.4, 0.5) is 0 Å². The van der Waals surface area contributed by atoms with E-state index in [2.05, 4.69) is 47.8 Å². The van der Waals surface area contributed by atoms with E-state index < -0.39 is 0 Å². The fourth-order valence-corrected chi connectivity index (χ4v) is 4.74. The van der Waals surface area contributed by atoms with Crippen LogP contribution in [0, 0.1) is 0 Å². The molecule has 1 saturated heterocycles. The van der Waals surface area contributed by atoms with Crippen molar-refractivity contribution in [2.75, 3.05) is 13.1 Å². The van der Waals surface area contributed by atoms with E-state index in [0.29, 0.717) is 0 Å². The number of benzene rings is 2. The summed E-state index contributed by atoms with van der Waals surface area (Å²) in [5.74, 6) is 0.745. The highest BCUT2D eigenvalue weighted by Crippen LogP contribution is 2.50. The van der Waals surface area contributed by atoms with Crippen molar-refractivity contribution in [3.8, 4) is 11.1 Å². The van der Waals surface area contributed by atoms with Gasteiger partial charge in [-0.05, 0) is 72.0 Å². The summed E-state index contributed by atoms with van der Waals surface area (Å²) in [5, 5.41) is 14.1. The Morgan fingerprint density at radius 1 is 1.04 bits per heavy atom. The Hall–Kier alpha value is -1.64. The van der Waals surface area contributed by atoms with Crippen molar-refractivity contribution in [3.05, 3.63) is 59.2 Å². The zero-order chi connectivity index (χ0) is 15.4. The molecule has 0 aromatic heterocycles. The van der Waals surface area contributed by atoms with E-state index in [1.807, 2.05) is 0 Å². The smallest absolute Gasteiger partial charge is 0.0802 e. The van der Waals surface area contributed by atoms with Gasteiger partial charge in [-0.1, -0.05) is 36.4 Å².